The number of ether oxygens (including phenoxy) is 1. The normalized spacial score (nSPS) is 12.8. The highest BCUT2D eigenvalue weighted by molar-refractivity contribution is 7.16. The molecule has 1 N–H and O–H groups in total. The van der Waals surface area contributed by atoms with Gasteiger partial charge in [0.05, 0.1) is 0 Å². The maximum absolute atomic E-state index is 11.6. The quantitative estimate of drug-likeness (QED) is 0.866. The largest absolute Gasteiger partial charge is 0.479 e. The molecule has 2 rings (SSSR count). The van der Waals surface area contributed by atoms with Gasteiger partial charge in [0.15, 0.2) is 6.10 Å². The first-order valence-electron chi connectivity index (χ1n) is 5.18. The summed E-state index contributed by atoms with van der Waals surface area (Å²) < 4.78 is 6.28. The molecule has 96 valence electrons. The van der Waals surface area contributed by atoms with Crippen LogP contribution in [0.4, 0.5) is 0 Å². The monoisotopic (exact) mass is 269 g/mol. The third-order valence-electron chi connectivity index (χ3n) is 2.22. The van der Waals surface area contributed by atoms with E-state index in [1.807, 2.05) is 0 Å². The first kappa shape index (κ1) is 12.7. The fourth-order valence-corrected chi connectivity index (χ4v) is 2.15. The summed E-state index contributed by atoms with van der Waals surface area (Å²) in [7, 11) is 0. The van der Waals surface area contributed by atoms with Crippen molar-refractivity contribution in [3.8, 4) is 0 Å². The Balaban J connectivity index is 2.23. The number of aliphatic carboxylic acids is 1. The van der Waals surface area contributed by atoms with E-state index in [0.29, 0.717) is 15.7 Å². The average Bonchev–Trinajstić information content (AvgIpc) is 2.68. The predicted molar refractivity (Wildman–Crippen MR) is 63.8 cm³/mol. The van der Waals surface area contributed by atoms with E-state index < -0.39 is 12.1 Å². The lowest BCUT2D eigenvalue weighted by Crippen LogP contribution is -2.19. The van der Waals surface area contributed by atoms with Crippen LogP contribution in [0, 0.1) is 6.92 Å². The Hall–Kier alpha value is -1.80. The lowest BCUT2D eigenvalue weighted by molar-refractivity contribution is -0.149. The van der Waals surface area contributed by atoms with Crippen molar-refractivity contribution in [3.63, 3.8) is 0 Å². The van der Waals surface area contributed by atoms with Crippen LogP contribution in [0.25, 0.3) is 4.96 Å². The summed E-state index contributed by atoms with van der Waals surface area (Å²) in [6, 6.07) is 1.39. The second-order valence-corrected chi connectivity index (χ2v) is 4.76. The number of hydrogen-bond donors (Lipinski definition) is 1. The molecule has 8 heteroatoms. The van der Waals surface area contributed by atoms with Gasteiger partial charge in [0.2, 0.25) is 4.96 Å². The van der Waals surface area contributed by atoms with Crippen molar-refractivity contribution in [2.75, 3.05) is 0 Å². The number of hydrogen-bond acceptors (Lipinski definition) is 6. The minimum Gasteiger partial charge on any atom is -0.479 e. The summed E-state index contributed by atoms with van der Waals surface area (Å²) >= 11 is 1.20. The molecule has 0 radical (unpaired) electrons. The molecule has 0 aliphatic carbocycles. The van der Waals surface area contributed by atoms with E-state index >= 15 is 0 Å². The number of aryl methyl sites for hydroxylation is 1. The fraction of sp³-hybridized carbons (Fsp3) is 0.400. The highest BCUT2D eigenvalue weighted by Gasteiger charge is 2.13. The lowest BCUT2D eigenvalue weighted by Gasteiger charge is -2.04. The van der Waals surface area contributed by atoms with Gasteiger partial charge in [-0.3, -0.25) is 4.79 Å². The van der Waals surface area contributed by atoms with Crippen molar-refractivity contribution in [1.82, 2.24) is 14.6 Å². The number of fused-ring (bicyclic) bond motifs is 1. The van der Waals surface area contributed by atoms with E-state index in [1.165, 1.54) is 28.8 Å². The van der Waals surface area contributed by atoms with E-state index in [0.717, 1.165) is 0 Å². The predicted octanol–water partition coefficient (Wildman–Crippen LogP) is 0.449. The zero-order valence-corrected chi connectivity index (χ0v) is 10.6. The zero-order chi connectivity index (χ0) is 13.3. The highest BCUT2D eigenvalue weighted by atomic mass is 32.1. The van der Waals surface area contributed by atoms with Gasteiger partial charge in [-0.2, -0.15) is 9.61 Å². The molecular weight excluding hydrogens is 258 g/mol. The minimum atomic E-state index is -1.04. The zero-order valence-electron chi connectivity index (χ0n) is 9.78. The maximum Gasteiger partial charge on any atom is 0.332 e. The number of nitrogens with zero attached hydrogens (tertiary/aromatic N) is 3. The van der Waals surface area contributed by atoms with Crippen LogP contribution in [0.15, 0.2) is 10.9 Å². The Bertz CT molecular complexity index is 648. The number of aromatic nitrogens is 3. The average molecular weight is 269 g/mol. The van der Waals surface area contributed by atoms with Gasteiger partial charge in [0, 0.05) is 11.8 Å². The highest BCUT2D eigenvalue weighted by Crippen LogP contribution is 2.13. The molecule has 0 aromatic carbocycles. The van der Waals surface area contributed by atoms with Crippen LogP contribution in [-0.4, -0.2) is 31.8 Å². The summed E-state index contributed by atoms with van der Waals surface area (Å²) in [4.78, 5) is 26.8. The molecule has 1 atom stereocenters. The molecule has 0 unspecified atom stereocenters. The van der Waals surface area contributed by atoms with Crippen molar-refractivity contribution in [1.29, 1.82) is 0 Å². The van der Waals surface area contributed by atoms with Crippen LogP contribution in [0.2, 0.25) is 0 Å². The van der Waals surface area contributed by atoms with Gasteiger partial charge in [-0.05, 0) is 13.8 Å². The molecule has 2 heterocycles. The molecule has 7 nitrogen and oxygen atoms in total. The third kappa shape index (κ3) is 2.54. The summed E-state index contributed by atoms with van der Waals surface area (Å²) in [5.74, 6) is -1.04. The summed E-state index contributed by atoms with van der Waals surface area (Å²) in [5.41, 5.74) is 0.362. The van der Waals surface area contributed by atoms with Crippen LogP contribution in [0.3, 0.4) is 0 Å². The first-order chi connectivity index (χ1) is 8.47. The van der Waals surface area contributed by atoms with Crippen LogP contribution in [-0.2, 0) is 16.1 Å². The SMILES string of the molecule is Cc1cc(=O)n2nc(CO[C@H](C)C(=O)O)sc2n1. The smallest absolute Gasteiger partial charge is 0.332 e. The van der Waals surface area contributed by atoms with Crippen molar-refractivity contribution >= 4 is 22.3 Å². The van der Waals surface area contributed by atoms with Gasteiger partial charge >= 0.3 is 5.97 Å². The van der Waals surface area contributed by atoms with Gasteiger partial charge in [-0.1, -0.05) is 11.3 Å². The van der Waals surface area contributed by atoms with E-state index in [9.17, 15) is 9.59 Å². The van der Waals surface area contributed by atoms with Crippen molar-refractivity contribution in [3.05, 3.63) is 27.1 Å². The molecule has 0 bridgehead atoms. The molecule has 0 fully saturated rings. The number of carboxylic acid groups (broad SMARTS) is 1. The second-order valence-electron chi connectivity index (χ2n) is 3.72. The minimum absolute atomic E-state index is 0.0416. The summed E-state index contributed by atoms with van der Waals surface area (Å²) in [6.07, 6.45) is -0.913. The first-order valence-corrected chi connectivity index (χ1v) is 6.00. The molecule has 0 aliphatic rings. The Morgan fingerprint density at radius 3 is 3.06 bits per heavy atom. The van der Waals surface area contributed by atoms with Crippen LogP contribution < -0.4 is 5.56 Å². The van der Waals surface area contributed by atoms with Crippen LogP contribution in [0.1, 0.15) is 17.6 Å². The Kier molecular flexibility index (Phi) is 3.39. The molecular formula is C10H11N3O4S. The molecule has 0 amide bonds. The molecule has 0 saturated heterocycles. The van der Waals surface area contributed by atoms with Crippen molar-refractivity contribution in [2.24, 2.45) is 0 Å². The Morgan fingerprint density at radius 1 is 1.67 bits per heavy atom. The Labute approximate surface area is 106 Å². The van der Waals surface area contributed by atoms with Gasteiger partial charge in [-0.15, -0.1) is 0 Å². The van der Waals surface area contributed by atoms with Gasteiger partial charge < -0.3 is 9.84 Å². The Morgan fingerprint density at radius 2 is 2.39 bits per heavy atom. The van der Waals surface area contributed by atoms with E-state index in [1.54, 1.807) is 6.92 Å². The van der Waals surface area contributed by atoms with Crippen molar-refractivity contribution < 1.29 is 14.6 Å². The number of carboxylic acids is 1. The fourth-order valence-electron chi connectivity index (χ4n) is 1.29. The summed E-state index contributed by atoms with van der Waals surface area (Å²) in [5, 5.41) is 13.2. The lowest BCUT2D eigenvalue weighted by atomic mass is 10.4. The third-order valence-corrected chi connectivity index (χ3v) is 3.10. The van der Waals surface area contributed by atoms with Crippen LogP contribution >= 0.6 is 11.3 Å². The maximum atomic E-state index is 11.6. The molecule has 0 spiro atoms. The van der Waals surface area contributed by atoms with Crippen molar-refractivity contribution in [2.45, 2.75) is 26.6 Å². The molecule has 2 aromatic heterocycles. The molecule has 2 aromatic rings. The van der Waals surface area contributed by atoms with Gasteiger partial charge in [-0.25, -0.2) is 9.78 Å². The molecule has 18 heavy (non-hydrogen) atoms. The molecule has 0 aliphatic heterocycles. The molecule has 0 saturated carbocycles. The van der Waals surface area contributed by atoms with E-state index in [-0.39, 0.29) is 12.2 Å². The second kappa shape index (κ2) is 4.83. The topological polar surface area (TPSA) is 93.8 Å². The van der Waals surface area contributed by atoms with Gasteiger partial charge in [0.1, 0.15) is 11.6 Å². The number of rotatable bonds is 4. The van der Waals surface area contributed by atoms with E-state index in [4.69, 9.17) is 9.84 Å². The summed E-state index contributed by atoms with van der Waals surface area (Å²) in [6.45, 7) is 3.20. The van der Waals surface area contributed by atoms with Gasteiger partial charge in [0.25, 0.3) is 5.56 Å². The standard InChI is InChI=1S/C10H11N3O4S/c1-5-3-8(14)13-10(11-5)18-7(12-13)4-17-6(2)9(15)16/h3,6H,4H2,1-2H3,(H,15,16)/t6-/m1/s1. The van der Waals surface area contributed by atoms with Crippen LogP contribution in [0.5, 0.6) is 0 Å². The van der Waals surface area contributed by atoms with E-state index in [2.05, 4.69) is 10.1 Å². The number of carbonyl (C=O) groups is 1.